The van der Waals surface area contributed by atoms with Gasteiger partial charge in [-0.1, -0.05) is 24.6 Å². The summed E-state index contributed by atoms with van der Waals surface area (Å²) in [6.45, 7) is 2.44. The largest absolute Gasteiger partial charge is 0.325 e. The number of rotatable bonds is 7. The molecule has 1 rings (SSSR count). The number of nitrogens with one attached hydrogen (secondary N) is 2. The lowest BCUT2D eigenvalue weighted by atomic mass is 10.2. The molecule has 0 aromatic heterocycles. The van der Waals surface area contributed by atoms with Crippen LogP contribution in [0.3, 0.4) is 0 Å². The Balaban J connectivity index is 2.37. The number of hydrogen-bond acceptors (Lipinski definition) is 3. The highest BCUT2D eigenvalue weighted by Gasteiger charge is 2.08. The topological polar surface area (TPSA) is 41.1 Å². The molecule has 0 aliphatic heterocycles. The molecule has 1 atom stereocenters. The molecule has 100 valence electrons. The summed E-state index contributed by atoms with van der Waals surface area (Å²) in [5.41, 5.74) is 0.729. The summed E-state index contributed by atoms with van der Waals surface area (Å²) < 4.78 is 0. The predicted molar refractivity (Wildman–Crippen MR) is 80.5 cm³/mol. The highest BCUT2D eigenvalue weighted by atomic mass is 35.5. The van der Waals surface area contributed by atoms with E-state index in [1.54, 1.807) is 23.9 Å². The van der Waals surface area contributed by atoms with E-state index in [-0.39, 0.29) is 5.91 Å². The van der Waals surface area contributed by atoms with Gasteiger partial charge in [-0.3, -0.25) is 4.79 Å². The van der Waals surface area contributed by atoms with E-state index < -0.39 is 0 Å². The smallest absolute Gasteiger partial charge is 0.238 e. The normalized spacial score (nSPS) is 12.2. The fourth-order valence-corrected chi connectivity index (χ4v) is 2.48. The zero-order chi connectivity index (χ0) is 13.4. The predicted octanol–water partition coefficient (Wildman–Crippen LogP) is 3.01. The van der Waals surface area contributed by atoms with Crippen LogP contribution >= 0.6 is 23.4 Å². The maximum absolute atomic E-state index is 11.7. The van der Waals surface area contributed by atoms with E-state index >= 15 is 0 Å². The second-order valence-electron chi connectivity index (χ2n) is 4.00. The Kier molecular flexibility index (Phi) is 7.16. The molecular weight excluding hydrogens is 268 g/mol. The van der Waals surface area contributed by atoms with Gasteiger partial charge in [0.25, 0.3) is 0 Å². The number of carbonyl (C=O) groups excluding carboxylic acids is 1. The lowest BCUT2D eigenvalue weighted by Gasteiger charge is -2.15. The Morgan fingerprint density at radius 2 is 2.28 bits per heavy atom. The maximum Gasteiger partial charge on any atom is 0.238 e. The number of carbonyl (C=O) groups is 1. The molecule has 1 amide bonds. The third kappa shape index (κ3) is 5.76. The van der Waals surface area contributed by atoms with Crippen molar-refractivity contribution in [1.29, 1.82) is 0 Å². The molecular formula is C13H19ClN2OS. The Hall–Kier alpha value is -0.710. The van der Waals surface area contributed by atoms with Gasteiger partial charge in [0.2, 0.25) is 5.91 Å². The molecule has 0 saturated carbocycles. The molecule has 0 saturated heterocycles. The quantitative estimate of drug-likeness (QED) is 0.810. The molecule has 0 aliphatic rings. The van der Waals surface area contributed by atoms with Crippen LogP contribution in [0.1, 0.15) is 13.3 Å². The van der Waals surface area contributed by atoms with Gasteiger partial charge in [-0.25, -0.2) is 0 Å². The fourth-order valence-electron chi connectivity index (χ4n) is 1.53. The average Bonchev–Trinajstić information content (AvgIpc) is 2.34. The van der Waals surface area contributed by atoms with Crippen molar-refractivity contribution in [3.8, 4) is 0 Å². The molecule has 18 heavy (non-hydrogen) atoms. The third-order valence-electron chi connectivity index (χ3n) is 2.52. The minimum Gasteiger partial charge on any atom is -0.325 e. The van der Waals surface area contributed by atoms with Gasteiger partial charge < -0.3 is 10.6 Å². The lowest BCUT2D eigenvalue weighted by molar-refractivity contribution is -0.115. The van der Waals surface area contributed by atoms with Crippen molar-refractivity contribution in [1.82, 2.24) is 5.32 Å². The minimum absolute atomic E-state index is 0.0446. The van der Waals surface area contributed by atoms with Crippen LogP contribution in [0, 0.1) is 0 Å². The Morgan fingerprint density at radius 1 is 1.50 bits per heavy atom. The van der Waals surface area contributed by atoms with Gasteiger partial charge in [0, 0.05) is 22.5 Å². The van der Waals surface area contributed by atoms with Crippen molar-refractivity contribution in [3.05, 3.63) is 29.3 Å². The van der Waals surface area contributed by atoms with Crippen molar-refractivity contribution in [2.24, 2.45) is 0 Å². The first-order valence-electron chi connectivity index (χ1n) is 5.93. The number of hydrogen-bond donors (Lipinski definition) is 2. The molecule has 0 aliphatic carbocycles. The summed E-state index contributed by atoms with van der Waals surface area (Å²) in [5.74, 6) is 0.970. The second kappa shape index (κ2) is 8.40. The van der Waals surface area contributed by atoms with Gasteiger partial charge in [-0.2, -0.15) is 11.8 Å². The van der Waals surface area contributed by atoms with Gasteiger partial charge in [-0.05, 0) is 30.9 Å². The van der Waals surface area contributed by atoms with Crippen LogP contribution in [0.25, 0.3) is 0 Å². The van der Waals surface area contributed by atoms with Gasteiger partial charge in [-0.15, -0.1) is 0 Å². The summed E-state index contributed by atoms with van der Waals surface area (Å²) in [6.07, 6.45) is 3.08. The third-order valence-corrected chi connectivity index (χ3v) is 3.49. The van der Waals surface area contributed by atoms with E-state index in [0.29, 0.717) is 17.6 Å². The molecule has 0 bridgehead atoms. The van der Waals surface area contributed by atoms with Gasteiger partial charge in [0.05, 0.1) is 6.54 Å². The van der Waals surface area contributed by atoms with Crippen LogP contribution in [0.5, 0.6) is 0 Å². The summed E-state index contributed by atoms with van der Waals surface area (Å²) in [6, 6.07) is 7.53. The van der Waals surface area contributed by atoms with E-state index in [1.165, 1.54) is 0 Å². The van der Waals surface area contributed by atoms with E-state index in [4.69, 9.17) is 11.6 Å². The summed E-state index contributed by atoms with van der Waals surface area (Å²) in [4.78, 5) is 11.7. The van der Waals surface area contributed by atoms with Crippen LogP contribution in [0.4, 0.5) is 5.69 Å². The average molecular weight is 287 g/mol. The number of amides is 1. The molecule has 1 unspecified atom stereocenters. The summed E-state index contributed by atoms with van der Waals surface area (Å²) in [7, 11) is 0. The molecule has 0 fully saturated rings. The molecule has 0 heterocycles. The molecule has 0 spiro atoms. The first-order valence-corrected chi connectivity index (χ1v) is 7.70. The second-order valence-corrected chi connectivity index (χ2v) is 5.35. The van der Waals surface area contributed by atoms with Crippen LogP contribution in [-0.2, 0) is 4.79 Å². The number of anilines is 1. The first-order chi connectivity index (χ1) is 8.65. The Morgan fingerprint density at radius 3 is 2.89 bits per heavy atom. The molecule has 1 aromatic rings. The lowest BCUT2D eigenvalue weighted by Crippen LogP contribution is -2.37. The van der Waals surface area contributed by atoms with E-state index in [0.717, 1.165) is 17.9 Å². The summed E-state index contributed by atoms with van der Waals surface area (Å²) >= 11 is 7.63. The molecule has 5 heteroatoms. The Bertz CT molecular complexity index is 387. The SMILES string of the molecule is CCC(CSC)NCC(=O)Nc1cccc(Cl)c1. The minimum atomic E-state index is -0.0446. The Labute approximate surface area is 118 Å². The van der Waals surface area contributed by atoms with Crippen molar-refractivity contribution in [3.63, 3.8) is 0 Å². The maximum atomic E-state index is 11.7. The molecule has 2 N–H and O–H groups in total. The monoisotopic (exact) mass is 286 g/mol. The number of thioether (sulfide) groups is 1. The van der Waals surface area contributed by atoms with Crippen molar-refractivity contribution in [2.75, 3.05) is 23.9 Å². The highest BCUT2D eigenvalue weighted by Crippen LogP contribution is 2.14. The van der Waals surface area contributed by atoms with Crippen molar-refractivity contribution < 1.29 is 4.79 Å². The standard InChI is InChI=1S/C13H19ClN2OS/c1-3-11(9-18-2)15-8-13(17)16-12-6-4-5-10(14)7-12/h4-7,11,15H,3,8-9H2,1-2H3,(H,16,17). The van der Waals surface area contributed by atoms with Crippen LogP contribution in [0.2, 0.25) is 5.02 Å². The van der Waals surface area contributed by atoms with Gasteiger partial charge in [0.1, 0.15) is 0 Å². The van der Waals surface area contributed by atoms with Gasteiger partial charge >= 0.3 is 0 Å². The van der Waals surface area contributed by atoms with Crippen LogP contribution in [0.15, 0.2) is 24.3 Å². The molecule has 3 nitrogen and oxygen atoms in total. The zero-order valence-electron chi connectivity index (χ0n) is 10.7. The summed E-state index contributed by atoms with van der Waals surface area (Å²) in [5, 5.41) is 6.67. The van der Waals surface area contributed by atoms with E-state index in [9.17, 15) is 4.79 Å². The van der Waals surface area contributed by atoms with Gasteiger partial charge in [0.15, 0.2) is 0 Å². The number of benzene rings is 1. The van der Waals surface area contributed by atoms with E-state index in [1.807, 2.05) is 12.1 Å². The fraction of sp³-hybridized carbons (Fsp3) is 0.462. The van der Waals surface area contributed by atoms with E-state index in [2.05, 4.69) is 23.8 Å². The van der Waals surface area contributed by atoms with Crippen LogP contribution in [-0.4, -0.2) is 30.5 Å². The van der Waals surface area contributed by atoms with Crippen molar-refractivity contribution in [2.45, 2.75) is 19.4 Å². The highest BCUT2D eigenvalue weighted by molar-refractivity contribution is 7.98. The molecule has 0 radical (unpaired) electrons. The first kappa shape index (κ1) is 15.3. The van der Waals surface area contributed by atoms with Crippen molar-refractivity contribution >= 4 is 35.0 Å². The number of halogens is 1. The molecule has 1 aromatic carbocycles. The van der Waals surface area contributed by atoms with Crippen LogP contribution < -0.4 is 10.6 Å². The zero-order valence-corrected chi connectivity index (χ0v) is 12.3.